The summed E-state index contributed by atoms with van der Waals surface area (Å²) in [5.41, 5.74) is -0.446. The maximum Gasteiger partial charge on any atom is 0.410 e. The van der Waals surface area contributed by atoms with E-state index in [2.05, 4.69) is 29.1 Å². The zero-order chi connectivity index (χ0) is 22.1. The molecular formula is C23H46IN5O2. The Bertz CT molecular complexity index is 551. The Balaban J connectivity index is 0.00000480. The van der Waals surface area contributed by atoms with Gasteiger partial charge in [-0.25, -0.2) is 4.79 Å². The van der Waals surface area contributed by atoms with Gasteiger partial charge in [-0.05, 0) is 92.3 Å². The molecule has 2 aliphatic heterocycles. The average molecular weight is 552 g/mol. The number of nitrogens with one attached hydrogen (secondary N) is 1. The monoisotopic (exact) mass is 551 g/mol. The summed E-state index contributed by atoms with van der Waals surface area (Å²) >= 11 is 0. The molecule has 1 amide bonds. The predicted molar refractivity (Wildman–Crippen MR) is 139 cm³/mol. The van der Waals surface area contributed by atoms with Gasteiger partial charge in [0.15, 0.2) is 5.96 Å². The zero-order valence-corrected chi connectivity index (χ0v) is 23.0. The second kappa shape index (κ2) is 13.7. The molecule has 0 aromatic heterocycles. The molecule has 8 heteroatoms. The van der Waals surface area contributed by atoms with E-state index >= 15 is 0 Å². The molecule has 0 atom stereocenters. The number of nitrogens with zero attached hydrogens (tertiary/aromatic N) is 4. The number of aliphatic imine (C=N–C) groups is 1. The third-order valence-corrected chi connectivity index (χ3v) is 6.10. The molecule has 2 fully saturated rings. The quantitative estimate of drug-likeness (QED) is 0.309. The highest BCUT2D eigenvalue weighted by Gasteiger charge is 2.27. The average Bonchev–Trinajstić information content (AvgIpc) is 2.69. The van der Waals surface area contributed by atoms with E-state index in [4.69, 9.17) is 9.73 Å². The molecule has 0 unspecified atom stereocenters. The van der Waals surface area contributed by atoms with Gasteiger partial charge >= 0.3 is 6.09 Å². The number of hydrogen-bond donors (Lipinski definition) is 1. The highest BCUT2D eigenvalue weighted by molar-refractivity contribution is 14.0. The van der Waals surface area contributed by atoms with Crippen LogP contribution in [0.2, 0.25) is 0 Å². The van der Waals surface area contributed by atoms with E-state index in [0.29, 0.717) is 18.4 Å². The van der Waals surface area contributed by atoms with Crippen LogP contribution in [0.1, 0.15) is 60.3 Å². The van der Waals surface area contributed by atoms with E-state index < -0.39 is 5.60 Å². The SMILES string of the molecule is CCNC(=NCC1CCN(C)CC1)N1CCC(CN(CC)C(=O)OC(C)(C)C)CC1.I. The summed E-state index contributed by atoms with van der Waals surface area (Å²) in [6, 6.07) is 0. The standard InChI is InChI=1S/C23H45N5O2.HI/c1-7-24-21(25-17-19-9-13-26(6)14-10-19)28-15-11-20(12-16-28)18-27(8-2)22(29)30-23(3,4)5;/h19-20H,7-18H2,1-6H3,(H,24,25);1H. The summed E-state index contributed by atoms with van der Waals surface area (Å²) in [5, 5.41) is 3.49. The number of guanidine groups is 1. The van der Waals surface area contributed by atoms with Crippen molar-refractivity contribution in [1.82, 2.24) is 20.0 Å². The van der Waals surface area contributed by atoms with E-state index in [-0.39, 0.29) is 30.1 Å². The predicted octanol–water partition coefficient (Wildman–Crippen LogP) is 3.88. The first-order chi connectivity index (χ1) is 14.2. The van der Waals surface area contributed by atoms with Gasteiger partial charge in [-0.2, -0.15) is 0 Å². The third-order valence-electron chi connectivity index (χ3n) is 6.10. The van der Waals surface area contributed by atoms with Crippen molar-refractivity contribution in [3.8, 4) is 0 Å². The van der Waals surface area contributed by atoms with Crippen molar-refractivity contribution < 1.29 is 9.53 Å². The Hall–Kier alpha value is -0.770. The number of piperidine rings is 2. The number of rotatable bonds is 6. The summed E-state index contributed by atoms with van der Waals surface area (Å²) < 4.78 is 5.56. The van der Waals surface area contributed by atoms with Gasteiger partial charge in [-0.3, -0.25) is 4.99 Å². The van der Waals surface area contributed by atoms with Crippen molar-refractivity contribution in [2.75, 3.05) is 59.4 Å². The maximum atomic E-state index is 12.4. The van der Waals surface area contributed by atoms with E-state index in [1.807, 2.05) is 32.6 Å². The van der Waals surface area contributed by atoms with Crippen LogP contribution in [-0.4, -0.2) is 91.8 Å². The van der Waals surface area contributed by atoms with E-state index in [1.54, 1.807) is 0 Å². The number of halogens is 1. The van der Waals surface area contributed by atoms with Crippen molar-refractivity contribution in [3.63, 3.8) is 0 Å². The molecule has 0 spiro atoms. The molecule has 1 N–H and O–H groups in total. The van der Waals surface area contributed by atoms with Gasteiger partial charge in [0.1, 0.15) is 5.60 Å². The normalized spacial score (nSPS) is 19.7. The molecule has 2 rings (SSSR count). The minimum absolute atomic E-state index is 0. The number of carbonyl (C=O) groups excluding carboxylic acids is 1. The molecule has 0 aromatic rings. The number of carbonyl (C=O) groups is 1. The molecule has 2 heterocycles. The second-order valence-electron chi connectivity index (χ2n) is 9.89. The lowest BCUT2D eigenvalue weighted by Crippen LogP contribution is -2.48. The molecule has 2 saturated heterocycles. The Morgan fingerprint density at radius 1 is 1.06 bits per heavy atom. The highest BCUT2D eigenvalue weighted by atomic mass is 127. The maximum absolute atomic E-state index is 12.4. The van der Waals surface area contributed by atoms with Gasteiger partial charge in [0.25, 0.3) is 0 Å². The lowest BCUT2D eigenvalue weighted by molar-refractivity contribution is 0.0214. The summed E-state index contributed by atoms with van der Waals surface area (Å²) in [4.78, 5) is 24.1. The summed E-state index contributed by atoms with van der Waals surface area (Å²) in [5.74, 6) is 2.29. The van der Waals surface area contributed by atoms with Crippen LogP contribution in [0.4, 0.5) is 4.79 Å². The van der Waals surface area contributed by atoms with E-state index in [1.165, 1.54) is 25.9 Å². The second-order valence-corrected chi connectivity index (χ2v) is 9.89. The number of amides is 1. The van der Waals surface area contributed by atoms with Crippen molar-refractivity contribution in [2.45, 2.75) is 65.9 Å². The fraction of sp³-hybridized carbons (Fsp3) is 0.913. The molecule has 0 aliphatic carbocycles. The summed E-state index contributed by atoms with van der Waals surface area (Å²) in [6.45, 7) is 17.6. The largest absolute Gasteiger partial charge is 0.444 e. The van der Waals surface area contributed by atoms with Crippen molar-refractivity contribution in [1.29, 1.82) is 0 Å². The topological polar surface area (TPSA) is 60.4 Å². The van der Waals surface area contributed by atoms with Gasteiger partial charge < -0.3 is 24.8 Å². The molecule has 2 aliphatic rings. The molecule has 31 heavy (non-hydrogen) atoms. The fourth-order valence-corrected chi connectivity index (χ4v) is 4.18. The van der Waals surface area contributed by atoms with Crippen molar-refractivity contribution in [2.24, 2.45) is 16.8 Å². The minimum Gasteiger partial charge on any atom is -0.444 e. The fourth-order valence-electron chi connectivity index (χ4n) is 4.18. The van der Waals surface area contributed by atoms with Crippen LogP contribution in [0.3, 0.4) is 0 Å². The first-order valence-electron chi connectivity index (χ1n) is 11.9. The smallest absolute Gasteiger partial charge is 0.410 e. The van der Waals surface area contributed by atoms with Gasteiger partial charge in [0.05, 0.1) is 0 Å². The molecule has 0 bridgehead atoms. The van der Waals surface area contributed by atoms with Crippen LogP contribution in [0.25, 0.3) is 0 Å². The van der Waals surface area contributed by atoms with Gasteiger partial charge in [-0.1, -0.05) is 0 Å². The Morgan fingerprint density at radius 2 is 1.65 bits per heavy atom. The van der Waals surface area contributed by atoms with Crippen LogP contribution in [-0.2, 0) is 4.74 Å². The molecule has 0 aromatic carbocycles. The Kier molecular flexibility index (Phi) is 12.5. The Labute approximate surface area is 207 Å². The molecule has 0 saturated carbocycles. The molecule has 0 radical (unpaired) electrons. The van der Waals surface area contributed by atoms with Gasteiger partial charge in [0, 0.05) is 39.3 Å². The number of ether oxygens (including phenoxy) is 1. The number of hydrogen-bond acceptors (Lipinski definition) is 4. The number of likely N-dealkylation sites (tertiary alicyclic amines) is 2. The molecule has 182 valence electrons. The first-order valence-corrected chi connectivity index (χ1v) is 11.9. The lowest BCUT2D eigenvalue weighted by atomic mass is 9.96. The highest BCUT2D eigenvalue weighted by Crippen LogP contribution is 2.21. The van der Waals surface area contributed by atoms with Gasteiger partial charge in [-0.15, -0.1) is 24.0 Å². The first kappa shape index (κ1) is 28.3. The van der Waals surface area contributed by atoms with Crippen LogP contribution >= 0.6 is 24.0 Å². The zero-order valence-electron chi connectivity index (χ0n) is 20.7. The molecular weight excluding hydrogens is 505 g/mol. The van der Waals surface area contributed by atoms with Crippen LogP contribution in [0.5, 0.6) is 0 Å². The van der Waals surface area contributed by atoms with E-state index in [0.717, 1.165) is 51.5 Å². The minimum atomic E-state index is -0.446. The van der Waals surface area contributed by atoms with Crippen molar-refractivity contribution in [3.05, 3.63) is 0 Å². The van der Waals surface area contributed by atoms with E-state index in [9.17, 15) is 4.79 Å². The lowest BCUT2D eigenvalue weighted by Gasteiger charge is -2.37. The van der Waals surface area contributed by atoms with Crippen molar-refractivity contribution >= 4 is 36.0 Å². The summed E-state index contributed by atoms with van der Waals surface area (Å²) in [6.07, 6.45) is 4.47. The van der Waals surface area contributed by atoms with Gasteiger partial charge in [0.2, 0.25) is 0 Å². The summed E-state index contributed by atoms with van der Waals surface area (Å²) in [7, 11) is 2.20. The Morgan fingerprint density at radius 3 is 2.16 bits per heavy atom. The van der Waals surface area contributed by atoms with Crippen LogP contribution in [0.15, 0.2) is 4.99 Å². The van der Waals surface area contributed by atoms with Crippen LogP contribution < -0.4 is 5.32 Å². The van der Waals surface area contributed by atoms with Crippen LogP contribution in [0, 0.1) is 11.8 Å². The molecule has 7 nitrogen and oxygen atoms in total. The third kappa shape index (κ3) is 10.1.